The summed E-state index contributed by atoms with van der Waals surface area (Å²) in [6.45, 7) is 3.51. The molecule has 170 valence electrons. The quantitative estimate of drug-likeness (QED) is 0.357. The molecule has 33 heavy (non-hydrogen) atoms. The second-order valence-corrected chi connectivity index (χ2v) is 8.30. The Hall–Kier alpha value is -3.38. The lowest BCUT2D eigenvalue weighted by atomic mass is 10.1. The number of fused-ring (bicyclic) bond motifs is 1. The minimum absolute atomic E-state index is 0.222. The van der Waals surface area contributed by atoms with Gasteiger partial charge in [0.05, 0.1) is 30.6 Å². The van der Waals surface area contributed by atoms with Crippen LogP contribution in [-0.4, -0.2) is 54.6 Å². The number of morpholine rings is 1. The maximum Gasteiger partial charge on any atom is 0.245 e. The van der Waals surface area contributed by atoms with Crippen molar-refractivity contribution in [1.29, 1.82) is 0 Å². The van der Waals surface area contributed by atoms with E-state index in [1.807, 2.05) is 30.3 Å². The summed E-state index contributed by atoms with van der Waals surface area (Å²) in [5.41, 5.74) is 5.33. The molecule has 0 bridgehead atoms. The number of anilines is 3. The number of nitrogens with zero attached hydrogens (tertiary/aromatic N) is 5. The zero-order chi connectivity index (χ0) is 22.6. The Morgan fingerprint density at radius 3 is 2.67 bits per heavy atom. The number of hydrogen-bond donors (Lipinski definition) is 3. The van der Waals surface area contributed by atoms with Crippen molar-refractivity contribution in [2.75, 3.05) is 36.5 Å². The van der Waals surface area contributed by atoms with Gasteiger partial charge >= 0.3 is 0 Å². The molecule has 1 fully saturated rings. The van der Waals surface area contributed by atoms with E-state index in [9.17, 15) is 4.21 Å². The maximum atomic E-state index is 11.1. The van der Waals surface area contributed by atoms with E-state index in [2.05, 4.69) is 42.1 Å². The van der Waals surface area contributed by atoms with Gasteiger partial charge in [-0.3, -0.25) is 9.54 Å². The second kappa shape index (κ2) is 9.63. The Bertz CT molecular complexity index is 1270. The third-order valence-electron chi connectivity index (χ3n) is 5.47. The molecule has 1 aromatic carbocycles. The first-order valence-corrected chi connectivity index (χ1v) is 11.6. The molecule has 0 amide bonds. The first-order chi connectivity index (χ1) is 16.2. The molecule has 5 rings (SSSR count). The summed E-state index contributed by atoms with van der Waals surface area (Å²) >= 11 is -2.10. The molecule has 10 nitrogen and oxygen atoms in total. The lowest BCUT2D eigenvalue weighted by Gasteiger charge is -2.28. The van der Waals surface area contributed by atoms with Crippen molar-refractivity contribution in [3.8, 4) is 11.3 Å². The van der Waals surface area contributed by atoms with Gasteiger partial charge in [-0.15, -0.1) is 5.10 Å². The summed E-state index contributed by atoms with van der Waals surface area (Å²) in [7, 11) is 0. The highest BCUT2D eigenvalue weighted by Crippen LogP contribution is 2.26. The van der Waals surface area contributed by atoms with Gasteiger partial charge in [-0.05, 0) is 48.0 Å². The minimum atomic E-state index is -2.10. The summed E-state index contributed by atoms with van der Waals surface area (Å²) in [5.74, 6) is 0.457. The molecule has 1 aliphatic heterocycles. The molecule has 1 unspecified atom stereocenters. The molecule has 0 saturated carbocycles. The molecule has 0 radical (unpaired) electrons. The van der Waals surface area contributed by atoms with Gasteiger partial charge in [0.25, 0.3) is 0 Å². The fourth-order valence-electron chi connectivity index (χ4n) is 3.82. The van der Waals surface area contributed by atoms with Crippen LogP contribution in [0.3, 0.4) is 0 Å². The molecule has 1 saturated heterocycles. The molecule has 4 aromatic rings. The predicted molar refractivity (Wildman–Crippen MR) is 127 cm³/mol. The first kappa shape index (κ1) is 21.5. The van der Waals surface area contributed by atoms with Crippen LogP contribution in [0.2, 0.25) is 0 Å². The SMILES string of the molecule is O=S(O)NCc1ccncc1-c1ccc2cnc(Nc3ccc(N4CCOCC4)cc3)nn12. The highest BCUT2D eigenvalue weighted by atomic mass is 32.2. The predicted octanol–water partition coefficient (Wildman–Crippen LogP) is 2.60. The highest BCUT2D eigenvalue weighted by Gasteiger charge is 2.13. The summed E-state index contributed by atoms with van der Waals surface area (Å²) in [4.78, 5) is 11.0. The van der Waals surface area contributed by atoms with Gasteiger partial charge < -0.3 is 15.0 Å². The van der Waals surface area contributed by atoms with Gasteiger partial charge in [-0.2, -0.15) is 0 Å². The Morgan fingerprint density at radius 1 is 1.06 bits per heavy atom. The van der Waals surface area contributed by atoms with Crippen LogP contribution >= 0.6 is 0 Å². The van der Waals surface area contributed by atoms with E-state index in [0.717, 1.165) is 60.0 Å². The van der Waals surface area contributed by atoms with Crippen molar-refractivity contribution in [2.24, 2.45) is 0 Å². The van der Waals surface area contributed by atoms with Gasteiger partial charge in [-0.1, -0.05) is 0 Å². The van der Waals surface area contributed by atoms with Crippen molar-refractivity contribution in [1.82, 2.24) is 24.3 Å². The summed E-state index contributed by atoms with van der Waals surface area (Å²) in [6, 6.07) is 13.8. The molecule has 4 heterocycles. The average molecular weight is 466 g/mol. The van der Waals surface area contributed by atoms with Crippen LogP contribution < -0.4 is 14.9 Å². The number of benzene rings is 1. The van der Waals surface area contributed by atoms with Crippen molar-refractivity contribution in [2.45, 2.75) is 6.54 Å². The summed E-state index contributed by atoms with van der Waals surface area (Å²) in [5, 5.41) is 7.93. The Balaban J connectivity index is 1.39. The molecule has 3 N–H and O–H groups in total. The standard InChI is InChI=1S/C22H23N7O3S/c30-33(31)25-13-16-7-8-23-15-20(16)21-6-5-19-14-24-22(27-29(19)21)26-17-1-3-18(4-2-17)28-9-11-32-12-10-28/h1-8,14-15,25H,9-13H2,(H,26,27)(H,30,31). The van der Waals surface area contributed by atoms with E-state index >= 15 is 0 Å². The van der Waals surface area contributed by atoms with Gasteiger partial charge in [-0.25, -0.2) is 18.4 Å². The van der Waals surface area contributed by atoms with Crippen LogP contribution in [0, 0.1) is 0 Å². The molecule has 0 aliphatic carbocycles. The number of rotatable bonds is 7. The number of aromatic nitrogens is 4. The van der Waals surface area contributed by atoms with E-state index < -0.39 is 11.3 Å². The number of nitrogens with one attached hydrogen (secondary N) is 2. The van der Waals surface area contributed by atoms with Crippen molar-refractivity contribution < 1.29 is 13.5 Å². The third-order valence-corrected chi connectivity index (χ3v) is 5.86. The van der Waals surface area contributed by atoms with Crippen molar-refractivity contribution >= 4 is 34.1 Å². The molecule has 1 aliphatic rings. The molecular weight excluding hydrogens is 442 g/mol. The largest absolute Gasteiger partial charge is 0.378 e. The monoisotopic (exact) mass is 465 g/mol. The van der Waals surface area contributed by atoms with Gasteiger partial charge in [0, 0.05) is 49.0 Å². The fraction of sp³-hybridized carbons (Fsp3) is 0.227. The van der Waals surface area contributed by atoms with Crippen LogP contribution in [0.5, 0.6) is 0 Å². The fourth-order valence-corrected chi connectivity index (χ4v) is 4.10. The van der Waals surface area contributed by atoms with Crippen LogP contribution in [0.25, 0.3) is 16.8 Å². The van der Waals surface area contributed by atoms with Gasteiger partial charge in [0.15, 0.2) is 0 Å². The highest BCUT2D eigenvalue weighted by molar-refractivity contribution is 7.77. The molecule has 0 spiro atoms. The zero-order valence-corrected chi connectivity index (χ0v) is 18.5. The summed E-state index contributed by atoms with van der Waals surface area (Å²) in [6.07, 6.45) is 5.12. The van der Waals surface area contributed by atoms with Crippen molar-refractivity contribution in [3.63, 3.8) is 0 Å². The Kier molecular flexibility index (Phi) is 6.26. The smallest absolute Gasteiger partial charge is 0.245 e. The number of hydrogen-bond acceptors (Lipinski definition) is 7. The molecule has 3 aromatic heterocycles. The zero-order valence-electron chi connectivity index (χ0n) is 17.7. The number of ether oxygens (including phenoxy) is 1. The number of pyridine rings is 1. The van der Waals surface area contributed by atoms with Gasteiger partial charge in [0.2, 0.25) is 17.2 Å². The van der Waals surface area contributed by atoms with Crippen LogP contribution in [0.15, 0.2) is 61.1 Å². The van der Waals surface area contributed by atoms with E-state index in [0.29, 0.717) is 5.95 Å². The van der Waals surface area contributed by atoms with E-state index in [-0.39, 0.29) is 6.54 Å². The van der Waals surface area contributed by atoms with E-state index in [1.165, 1.54) is 0 Å². The topological polar surface area (TPSA) is 117 Å². The average Bonchev–Trinajstić information content (AvgIpc) is 3.27. The van der Waals surface area contributed by atoms with E-state index in [1.54, 1.807) is 23.1 Å². The second-order valence-electron chi connectivity index (χ2n) is 7.51. The van der Waals surface area contributed by atoms with Crippen molar-refractivity contribution in [3.05, 3.63) is 66.6 Å². The lowest BCUT2D eigenvalue weighted by molar-refractivity contribution is 0.122. The third kappa shape index (κ3) is 4.86. The first-order valence-electron chi connectivity index (χ1n) is 10.5. The normalized spacial score (nSPS) is 15.0. The Morgan fingerprint density at radius 2 is 1.88 bits per heavy atom. The minimum Gasteiger partial charge on any atom is -0.378 e. The molecular formula is C22H23N7O3S. The van der Waals surface area contributed by atoms with E-state index in [4.69, 9.17) is 9.29 Å². The molecule has 1 atom stereocenters. The molecule has 11 heteroatoms. The van der Waals surface area contributed by atoms with Gasteiger partial charge in [0.1, 0.15) is 0 Å². The Labute approximate surface area is 193 Å². The van der Waals surface area contributed by atoms with Crippen LogP contribution in [-0.2, 0) is 22.5 Å². The maximum absolute atomic E-state index is 11.1. The van der Waals surface area contributed by atoms with Crippen LogP contribution in [0.1, 0.15) is 5.56 Å². The summed E-state index contributed by atoms with van der Waals surface area (Å²) < 4.78 is 29.9. The van der Waals surface area contributed by atoms with Crippen LogP contribution in [0.4, 0.5) is 17.3 Å². The lowest BCUT2D eigenvalue weighted by Crippen LogP contribution is -2.36.